The van der Waals surface area contributed by atoms with E-state index in [0.717, 1.165) is 32.1 Å². The zero-order valence-corrected chi connectivity index (χ0v) is 12.6. The van der Waals surface area contributed by atoms with E-state index in [0.29, 0.717) is 6.42 Å². The van der Waals surface area contributed by atoms with Crippen molar-refractivity contribution in [3.05, 3.63) is 48.6 Å². The lowest BCUT2D eigenvalue weighted by atomic mass is 10.1. The van der Waals surface area contributed by atoms with Crippen LogP contribution in [0.25, 0.3) is 0 Å². The molecule has 0 aliphatic rings. The summed E-state index contributed by atoms with van der Waals surface area (Å²) in [4.78, 5) is 10.3. The van der Waals surface area contributed by atoms with E-state index < -0.39 is 5.97 Å². The maximum absolute atomic E-state index is 10.3. The normalized spacial score (nSPS) is 12.4. The molecule has 0 aromatic carbocycles. The summed E-state index contributed by atoms with van der Waals surface area (Å²) in [5.74, 6) is -0.682. The molecule has 1 N–H and O–H groups in total. The third-order valence-corrected chi connectivity index (χ3v) is 2.82. The molecule has 0 saturated heterocycles. The highest BCUT2D eigenvalue weighted by atomic mass is 16.4. The summed E-state index contributed by atoms with van der Waals surface area (Å²) < 4.78 is 0. The van der Waals surface area contributed by atoms with Gasteiger partial charge in [0, 0.05) is 6.42 Å². The second kappa shape index (κ2) is 15.5. The Hall–Kier alpha value is -1.57. The molecular weight excluding hydrogens is 248 g/mol. The van der Waals surface area contributed by atoms with Crippen molar-refractivity contribution in [3.63, 3.8) is 0 Å². The van der Waals surface area contributed by atoms with Gasteiger partial charge in [0.1, 0.15) is 0 Å². The minimum atomic E-state index is -0.682. The van der Waals surface area contributed by atoms with Crippen LogP contribution in [0.2, 0.25) is 0 Å². The minimum Gasteiger partial charge on any atom is -0.481 e. The van der Waals surface area contributed by atoms with Crippen LogP contribution in [0.5, 0.6) is 0 Å². The first-order valence-electron chi connectivity index (χ1n) is 7.64. The predicted octanol–water partition coefficient (Wildman–Crippen LogP) is 5.44. The molecule has 0 unspecified atom stereocenters. The maximum atomic E-state index is 10.3. The average molecular weight is 276 g/mol. The lowest BCUT2D eigenvalue weighted by Gasteiger charge is -1.97. The number of carbonyl (C=O) groups is 1. The third-order valence-electron chi connectivity index (χ3n) is 2.82. The fourth-order valence-electron chi connectivity index (χ4n) is 1.71. The molecule has 0 fully saturated rings. The fraction of sp³-hybridized carbons (Fsp3) is 0.500. The van der Waals surface area contributed by atoms with Crippen molar-refractivity contribution in [2.75, 3.05) is 0 Å². The highest BCUT2D eigenvalue weighted by Gasteiger charge is 1.95. The van der Waals surface area contributed by atoms with Crippen LogP contribution in [-0.2, 0) is 4.79 Å². The topological polar surface area (TPSA) is 37.3 Å². The van der Waals surface area contributed by atoms with Crippen molar-refractivity contribution in [3.8, 4) is 0 Å². The van der Waals surface area contributed by atoms with Gasteiger partial charge >= 0.3 is 5.97 Å². The zero-order chi connectivity index (χ0) is 14.9. The second-order valence-electron chi connectivity index (χ2n) is 4.73. The predicted molar refractivity (Wildman–Crippen MR) is 86.8 cm³/mol. The van der Waals surface area contributed by atoms with E-state index in [1.165, 1.54) is 12.8 Å². The van der Waals surface area contributed by atoms with E-state index in [2.05, 4.69) is 31.2 Å². The Morgan fingerprint density at radius 3 is 2.00 bits per heavy atom. The van der Waals surface area contributed by atoms with Crippen LogP contribution in [0.1, 0.15) is 58.3 Å². The number of unbranched alkanes of at least 4 members (excludes halogenated alkanes) is 5. The summed E-state index contributed by atoms with van der Waals surface area (Å²) >= 11 is 0. The van der Waals surface area contributed by atoms with E-state index in [9.17, 15) is 4.79 Å². The summed E-state index contributed by atoms with van der Waals surface area (Å²) in [6, 6.07) is 0. The molecule has 0 aliphatic heterocycles. The van der Waals surface area contributed by atoms with E-state index in [4.69, 9.17) is 5.11 Å². The number of aliphatic carboxylic acids is 1. The first-order chi connectivity index (χ1) is 9.77. The summed E-state index contributed by atoms with van der Waals surface area (Å²) in [5.41, 5.74) is 0. The summed E-state index contributed by atoms with van der Waals surface area (Å²) in [5, 5.41) is 8.49. The standard InChI is InChI=1S/C18H28O2/c1-2-3-4-5-6-7-8-9-10-11-12-13-14-15-16-17-18(19)20/h3-10H,2,11-17H2,1H3,(H,19,20)/b4-3+,6-5+,8-7-,10-9-. The van der Waals surface area contributed by atoms with Crippen molar-refractivity contribution in [1.82, 2.24) is 0 Å². The van der Waals surface area contributed by atoms with E-state index >= 15 is 0 Å². The van der Waals surface area contributed by atoms with Gasteiger partial charge in [-0.15, -0.1) is 0 Å². The molecule has 112 valence electrons. The van der Waals surface area contributed by atoms with Gasteiger partial charge in [0.25, 0.3) is 0 Å². The van der Waals surface area contributed by atoms with E-state index in [-0.39, 0.29) is 0 Å². The fourth-order valence-corrected chi connectivity index (χ4v) is 1.71. The maximum Gasteiger partial charge on any atom is 0.303 e. The molecule has 2 heteroatoms. The van der Waals surface area contributed by atoms with Gasteiger partial charge in [-0.05, 0) is 25.7 Å². The molecule has 0 amide bonds. The van der Waals surface area contributed by atoms with Gasteiger partial charge in [0.2, 0.25) is 0 Å². The largest absolute Gasteiger partial charge is 0.481 e. The van der Waals surface area contributed by atoms with Gasteiger partial charge in [-0.25, -0.2) is 0 Å². The molecule has 0 heterocycles. The van der Waals surface area contributed by atoms with Crippen molar-refractivity contribution in [2.45, 2.75) is 58.3 Å². The van der Waals surface area contributed by atoms with Crippen LogP contribution in [0.15, 0.2) is 48.6 Å². The van der Waals surface area contributed by atoms with E-state index in [1.807, 2.05) is 24.3 Å². The molecule has 0 aromatic heterocycles. The van der Waals surface area contributed by atoms with Gasteiger partial charge in [-0.3, -0.25) is 4.79 Å². The molecule has 0 radical (unpaired) electrons. The smallest absolute Gasteiger partial charge is 0.303 e. The second-order valence-corrected chi connectivity index (χ2v) is 4.73. The van der Waals surface area contributed by atoms with Gasteiger partial charge in [-0.2, -0.15) is 0 Å². The van der Waals surface area contributed by atoms with Gasteiger partial charge in [0.05, 0.1) is 0 Å². The lowest BCUT2D eigenvalue weighted by molar-refractivity contribution is -0.137. The highest BCUT2D eigenvalue weighted by Crippen LogP contribution is 2.07. The number of carboxylic acids is 1. The summed E-state index contributed by atoms with van der Waals surface area (Å²) in [7, 11) is 0. The van der Waals surface area contributed by atoms with Crippen LogP contribution in [0.3, 0.4) is 0 Å². The van der Waals surface area contributed by atoms with Crippen LogP contribution >= 0.6 is 0 Å². The molecule has 0 rings (SSSR count). The first-order valence-corrected chi connectivity index (χ1v) is 7.64. The molecule has 2 nitrogen and oxygen atoms in total. The Bertz CT molecular complexity index is 335. The highest BCUT2D eigenvalue weighted by molar-refractivity contribution is 5.66. The molecule has 0 saturated carbocycles. The van der Waals surface area contributed by atoms with Crippen LogP contribution in [0, 0.1) is 0 Å². The molecule has 0 bridgehead atoms. The molecule has 0 spiro atoms. The lowest BCUT2D eigenvalue weighted by Crippen LogP contribution is -1.93. The van der Waals surface area contributed by atoms with Crippen LogP contribution in [-0.4, -0.2) is 11.1 Å². The van der Waals surface area contributed by atoms with Crippen molar-refractivity contribution < 1.29 is 9.90 Å². The Labute approximate surface area is 123 Å². The number of hydrogen-bond donors (Lipinski definition) is 1. The molecule has 0 aliphatic carbocycles. The SMILES string of the molecule is CC/C=C/C=C/C=C\C=C/CCCCCCCC(=O)O. The van der Waals surface area contributed by atoms with Gasteiger partial charge in [0.15, 0.2) is 0 Å². The first kappa shape index (κ1) is 18.4. The number of allylic oxidation sites excluding steroid dienone is 8. The Morgan fingerprint density at radius 1 is 0.800 bits per heavy atom. The third kappa shape index (κ3) is 16.4. The van der Waals surface area contributed by atoms with E-state index in [1.54, 1.807) is 0 Å². The molecule has 20 heavy (non-hydrogen) atoms. The monoisotopic (exact) mass is 276 g/mol. The molecular formula is C18H28O2. The van der Waals surface area contributed by atoms with Gasteiger partial charge < -0.3 is 5.11 Å². The van der Waals surface area contributed by atoms with Crippen molar-refractivity contribution in [2.24, 2.45) is 0 Å². The summed E-state index contributed by atoms with van der Waals surface area (Å²) in [6.07, 6.45) is 24.4. The zero-order valence-electron chi connectivity index (χ0n) is 12.6. The Kier molecular flexibility index (Phi) is 14.3. The average Bonchev–Trinajstić information content (AvgIpc) is 2.43. The molecule has 0 atom stereocenters. The number of carboxylic acid groups (broad SMARTS) is 1. The van der Waals surface area contributed by atoms with Crippen LogP contribution < -0.4 is 0 Å². The van der Waals surface area contributed by atoms with Gasteiger partial charge in [-0.1, -0.05) is 74.8 Å². The number of rotatable bonds is 12. The summed E-state index contributed by atoms with van der Waals surface area (Å²) in [6.45, 7) is 2.12. The quantitative estimate of drug-likeness (QED) is 0.381. The van der Waals surface area contributed by atoms with Crippen molar-refractivity contribution >= 4 is 5.97 Å². The molecule has 0 aromatic rings. The Morgan fingerprint density at radius 2 is 1.35 bits per heavy atom. The minimum absolute atomic E-state index is 0.311. The van der Waals surface area contributed by atoms with Crippen LogP contribution in [0.4, 0.5) is 0 Å². The number of hydrogen-bond acceptors (Lipinski definition) is 1. The van der Waals surface area contributed by atoms with Crippen molar-refractivity contribution in [1.29, 1.82) is 0 Å². The Balaban J connectivity index is 3.35.